The summed E-state index contributed by atoms with van der Waals surface area (Å²) in [5.41, 5.74) is 1.03. The second-order valence-electron chi connectivity index (χ2n) is 5.42. The molecule has 0 bridgehead atoms. The molecule has 112 valence electrons. The number of rotatable bonds is 4. The van der Waals surface area contributed by atoms with Crippen molar-refractivity contribution in [2.75, 3.05) is 18.5 Å². The van der Waals surface area contributed by atoms with E-state index in [9.17, 15) is 5.11 Å². The quantitative estimate of drug-likeness (QED) is 0.589. The van der Waals surface area contributed by atoms with Crippen LogP contribution in [0.5, 0.6) is 0 Å². The lowest BCUT2D eigenvalue weighted by Gasteiger charge is -2.26. The molecule has 1 aliphatic carbocycles. The molecule has 0 amide bonds. The number of benzene rings is 1. The van der Waals surface area contributed by atoms with Crippen molar-refractivity contribution in [3.63, 3.8) is 0 Å². The summed E-state index contributed by atoms with van der Waals surface area (Å²) in [7, 11) is 0. The molecule has 1 saturated carbocycles. The molecule has 0 aromatic heterocycles. The van der Waals surface area contributed by atoms with Crippen LogP contribution >= 0.6 is 0 Å². The first-order valence-corrected chi connectivity index (χ1v) is 7.58. The molecule has 0 atom stereocenters. The summed E-state index contributed by atoms with van der Waals surface area (Å²) in [6.45, 7) is 0.694. The zero-order chi connectivity index (χ0) is 15.0. The molecule has 2 rings (SSSR count). The predicted molar refractivity (Wildman–Crippen MR) is 86.1 cm³/mol. The third-order valence-electron chi connectivity index (χ3n) is 3.72. The molecule has 0 spiro atoms. The Kier molecular flexibility index (Phi) is 5.86. The summed E-state index contributed by atoms with van der Waals surface area (Å²) in [6, 6.07) is 7.83. The number of para-hydroxylation sites is 1. The molecule has 3 nitrogen and oxygen atoms in total. The van der Waals surface area contributed by atoms with Crippen LogP contribution in [0.1, 0.15) is 37.7 Å². The maximum Gasteiger partial charge on any atom is 0.125 e. The number of nitrogens with one attached hydrogen (secondary N) is 1. The lowest BCUT2D eigenvalue weighted by molar-refractivity contribution is 0.0610. The molecule has 1 aromatic rings. The third kappa shape index (κ3) is 4.93. The summed E-state index contributed by atoms with van der Waals surface area (Å²) in [6.07, 6.45) is 8.42. The zero-order valence-corrected chi connectivity index (χ0v) is 12.3. The minimum atomic E-state index is -0.817. The Labute approximate surface area is 126 Å². The van der Waals surface area contributed by atoms with E-state index in [2.05, 4.69) is 17.2 Å². The Hall–Kier alpha value is -1.76. The van der Waals surface area contributed by atoms with Gasteiger partial charge in [0.05, 0.1) is 12.3 Å². The molecule has 3 heteroatoms. The Bertz CT molecular complexity index is 534. The lowest BCUT2D eigenvalue weighted by Crippen LogP contribution is -2.29. The molecular weight excluding hydrogens is 262 g/mol. The number of hydrogen-bond acceptors (Lipinski definition) is 3. The van der Waals surface area contributed by atoms with Gasteiger partial charge in [0, 0.05) is 12.1 Å². The van der Waals surface area contributed by atoms with Gasteiger partial charge in [0.2, 0.25) is 0 Å². The molecule has 0 heterocycles. The van der Waals surface area contributed by atoms with Crippen molar-refractivity contribution in [2.24, 2.45) is 0 Å². The second kappa shape index (κ2) is 7.87. The summed E-state index contributed by atoms with van der Waals surface area (Å²) >= 11 is 0. The third-order valence-corrected chi connectivity index (χ3v) is 3.72. The fraction of sp³-hybridized carbons (Fsp3) is 0.444. The van der Waals surface area contributed by atoms with Gasteiger partial charge in [-0.2, -0.15) is 0 Å². The molecule has 1 aliphatic rings. The summed E-state index contributed by atoms with van der Waals surface area (Å²) in [5.74, 6) is 6.19. The molecule has 0 saturated heterocycles. The summed E-state index contributed by atoms with van der Waals surface area (Å²) in [5, 5.41) is 22.4. The van der Waals surface area contributed by atoms with Crippen molar-refractivity contribution >= 4 is 5.69 Å². The Morgan fingerprint density at radius 3 is 2.67 bits per heavy atom. The SMILES string of the molecule is OC/C=C/CNc1ccccc1C#CC1(O)CCCCC1. The van der Waals surface area contributed by atoms with Gasteiger partial charge in [0.25, 0.3) is 0 Å². The maximum atomic E-state index is 10.4. The van der Waals surface area contributed by atoms with E-state index >= 15 is 0 Å². The van der Waals surface area contributed by atoms with Gasteiger partial charge in [0.1, 0.15) is 5.60 Å². The number of hydrogen-bond donors (Lipinski definition) is 3. The summed E-state index contributed by atoms with van der Waals surface area (Å²) < 4.78 is 0. The number of aliphatic hydroxyl groups excluding tert-OH is 1. The molecule has 1 fully saturated rings. The van der Waals surface area contributed by atoms with Crippen LogP contribution < -0.4 is 5.32 Å². The minimum Gasteiger partial charge on any atom is -0.392 e. The molecule has 0 aliphatic heterocycles. The molecule has 0 unspecified atom stereocenters. The van der Waals surface area contributed by atoms with Crippen molar-refractivity contribution in [2.45, 2.75) is 37.7 Å². The molecular formula is C18H23NO2. The average molecular weight is 285 g/mol. The van der Waals surface area contributed by atoms with Gasteiger partial charge in [-0.05, 0) is 37.8 Å². The van der Waals surface area contributed by atoms with E-state index in [1.807, 2.05) is 30.3 Å². The highest BCUT2D eigenvalue weighted by molar-refractivity contribution is 5.59. The van der Waals surface area contributed by atoms with Crippen LogP contribution in [-0.4, -0.2) is 29.0 Å². The van der Waals surface area contributed by atoms with Gasteiger partial charge in [0.15, 0.2) is 0 Å². The summed E-state index contributed by atoms with van der Waals surface area (Å²) in [4.78, 5) is 0. The van der Waals surface area contributed by atoms with Crippen LogP contribution in [0, 0.1) is 11.8 Å². The monoisotopic (exact) mass is 285 g/mol. The van der Waals surface area contributed by atoms with Crippen molar-refractivity contribution < 1.29 is 10.2 Å². The van der Waals surface area contributed by atoms with Crippen LogP contribution in [0.2, 0.25) is 0 Å². The highest BCUT2D eigenvalue weighted by Gasteiger charge is 2.26. The van der Waals surface area contributed by atoms with Gasteiger partial charge in [-0.3, -0.25) is 0 Å². The van der Waals surface area contributed by atoms with E-state index < -0.39 is 5.60 Å². The molecule has 0 radical (unpaired) electrons. The predicted octanol–water partition coefficient (Wildman–Crippen LogP) is 2.69. The van der Waals surface area contributed by atoms with Crippen LogP contribution in [0.4, 0.5) is 5.69 Å². The normalized spacial score (nSPS) is 17.2. The fourth-order valence-corrected chi connectivity index (χ4v) is 2.52. The molecule has 1 aromatic carbocycles. The highest BCUT2D eigenvalue weighted by Crippen LogP contribution is 2.27. The number of anilines is 1. The van der Waals surface area contributed by atoms with Gasteiger partial charge in [-0.1, -0.05) is 42.5 Å². The van der Waals surface area contributed by atoms with E-state index in [0.29, 0.717) is 6.54 Å². The lowest BCUT2D eigenvalue weighted by atomic mass is 9.85. The van der Waals surface area contributed by atoms with Crippen molar-refractivity contribution in [3.8, 4) is 11.8 Å². The first-order chi connectivity index (χ1) is 10.2. The standard InChI is InChI=1S/C18H23NO2/c20-15-7-6-14-19-17-9-3-2-8-16(17)10-13-18(21)11-4-1-5-12-18/h2-3,6-9,19-21H,1,4-5,11-12,14-15H2/b7-6+. The first kappa shape index (κ1) is 15.6. The molecule has 3 N–H and O–H groups in total. The van der Waals surface area contributed by atoms with Crippen LogP contribution in [0.25, 0.3) is 0 Å². The van der Waals surface area contributed by atoms with Gasteiger partial charge in [-0.15, -0.1) is 0 Å². The van der Waals surface area contributed by atoms with Crippen molar-refractivity contribution in [1.82, 2.24) is 0 Å². The second-order valence-corrected chi connectivity index (χ2v) is 5.42. The van der Waals surface area contributed by atoms with E-state index in [1.165, 1.54) is 6.42 Å². The average Bonchev–Trinajstić information content (AvgIpc) is 2.51. The van der Waals surface area contributed by atoms with Gasteiger partial charge in [-0.25, -0.2) is 0 Å². The number of aliphatic hydroxyl groups is 2. The highest BCUT2D eigenvalue weighted by atomic mass is 16.3. The van der Waals surface area contributed by atoms with Crippen molar-refractivity contribution in [1.29, 1.82) is 0 Å². The minimum absolute atomic E-state index is 0.0518. The van der Waals surface area contributed by atoms with Crippen LogP contribution in [0.3, 0.4) is 0 Å². The fourth-order valence-electron chi connectivity index (χ4n) is 2.52. The van der Waals surface area contributed by atoms with E-state index in [-0.39, 0.29) is 6.61 Å². The smallest absolute Gasteiger partial charge is 0.125 e. The Balaban J connectivity index is 2.07. The van der Waals surface area contributed by atoms with E-state index in [1.54, 1.807) is 6.08 Å². The topological polar surface area (TPSA) is 52.5 Å². The van der Waals surface area contributed by atoms with Crippen LogP contribution in [-0.2, 0) is 0 Å². The van der Waals surface area contributed by atoms with Gasteiger partial charge < -0.3 is 15.5 Å². The maximum absolute atomic E-state index is 10.4. The van der Waals surface area contributed by atoms with Crippen molar-refractivity contribution in [3.05, 3.63) is 42.0 Å². The van der Waals surface area contributed by atoms with Gasteiger partial charge >= 0.3 is 0 Å². The van der Waals surface area contributed by atoms with E-state index in [0.717, 1.165) is 36.9 Å². The molecule has 21 heavy (non-hydrogen) atoms. The zero-order valence-electron chi connectivity index (χ0n) is 12.3. The Morgan fingerprint density at radius 1 is 1.14 bits per heavy atom. The Morgan fingerprint density at radius 2 is 1.90 bits per heavy atom. The largest absolute Gasteiger partial charge is 0.392 e. The van der Waals surface area contributed by atoms with Crippen LogP contribution in [0.15, 0.2) is 36.4 Å². The van der Waals surface area contributed by atoms with E-state index in [4.69, 9.17) is 5.11 Å². The first-order valence-electron chi connectivity index (χ1n) is 7.58.